The van der Waals surface area contributed by atoms with E-state index < -0.39 is 0 Å². The Bertz CT molecular complexity index is 958. The lowest BCUT2D eigenvalue weighted by Gasteiger charge is -2.08. The second kappa shape index (κ2) is 8.12. The summed E-state index contributed by atoms with van der Waals surface area (Å²) in [6.07, 6.45) is 0. The van der Waals surface area contributed by atoms with E-state index in [9.17, 15) is 4.79 Å². The van der Waals surface area contributed by atoms with Gasteiger partial charge in [0.2, 0.25) is 5.91 Å². The fraction of sp³-hybridized carbons (Fsp3) is 0.167. The highest BCUT2D eigenvalue weighted by atomic mass is 35.5. The van der Waals surface area contributed by atoms with Crippen molar-refractivity contribution >= 4 is 46.6 Å². The molecule has 0 saturated carbocycles. The zero-order valence-electron chi connectivity index (χ0n) is 14.2. The molecule has 0 saturated heterocycles. The number of amides is 1. The van der Waals surface area contributed by atoms with E-state index in [0.717, 1.165) is 11.1 Å². The molecule has 1 amide bonds. The van der Waals surface area contributed by atoms with E-state index in [1.54, 1.807) is 12.1 Å². The lowest BCUT2D eigenvalue weighted by Crippen LogP contribution is -2.14. The molecule has 0 atom stereocenters. The number of carbonyl (C=O) groups excluding carboxylic acids is 1. The number of rotatable bonds is 5. The number of hydrogen-bond donors (Lipinski definition) is 1. The number of nitrogens with one attached hydrogen (secondary N) is 1. The highest BCUT2D eigenvalue weighted by molar-refractivity contribution is 7.99. The lowest BCUT2D eigenvalue weighted by molar-refractivity contribution is -0.113. The molecule has 0 aliphatic rings. The van der Waals surface area contributed by atoms with Crippen LogP contribution in [0.1, 0.15) is 5.56 Å². The summed E-state index contributed by atoms with van der Waals surface area (Å²) in [5.74, 6) is 0.682. The van der Waals surface area contributed by atoms with E-state index >= 15 is 0 Å². The molecule has 3 aromatic rings. The summed E-state index contributed by atoms with van der Waals surface area (Å²) in [5, 5.41) is 12.9. The smallest absolute Gasteiger partial charge is 0.234 e. The van der Waals surface area contributed by atoms with Gasteiger partial charge in [-0.2, -0.15) is 0 Å². The predicted octanol–water partition coefficient (Wildman–Crippen LogP) is 4.83. The van der Waals surface area contributed by atoms with Crippen LogP contribution in [0.2, 0.25) is 10.0 Å². The van der Waals surface area contributed by atoms with Gasteiger partial charge in [-0.3, -0.25) is 4.79 Å². The third-order valence-corrected chi connectivity index (χ3v) is 5.34. The summed E-state index contributed by atoms with van der Waals surface area (Å²) in [4.78, 5) is 12.2. The first-order chi connectivity index (χ1) is 12.5. The molecule has 0 radical (unpaired) electrons. The number of hydrogen-bond acceptors (Lipinski definition) is 4. The van der Waals surface area contributed by atoms with Crippen LogP contribution in [0.4, 0.5) is 5.69 Å². The number of halogens is 2. The predicted molar refractivity (Wildman–Crippen MR) is 107 cm³/mol. The molecule has 5 nitrogen and oxygen atoms in total. The van der Waals surface area contributed by atoms with Crippen LogP contribution in [0.5, 0.6) is 0 Å². The van der Waals surface area contributed by atoms with Crippen LogP contribution in [0.3, 0.4) is 0 Å². The molecule has 1 aromatic heterocycles. The minimum absolute atomic E-state index is 0.164. The second-order valence-electron chi connectivity index (χ2n) is 5.67. The lowest BCUT2D eigenvalue weighted by atomic mass is 10.2. The highest BCUT2D eigenvalue weighted by Gasteiger charge is 2.15. The summed E-state index contributed by atoms with van der Waals surface area (Å²) >= 11 is 13.7. The molecule has 0 aliphatic heterocycles. The summed E-state index contributed by atoms with van der Waals surface area (Å²) < 4.78 is 1.82. The van der Waals surface area contributed by atoms with Crippen molar-refractivity contribution in [3.8, 4) is 11.4 Å². The van der Waals surface area contributed by atoms with Crippen molar-refractivity contribution < 1.29 is 4.79 Å². The Hall–Kier alpha value is -2.02. The molecule has 1 N–H and O–H groups in total. The van der Waals surface area contributed by atoms with Crippen molar-refractivity contribution in [2.24, 2.45) is 7.05 Å². The maximum atomic E-state index is 12.2. The number of aromatic nitrogens is 3. The van der Waals surface area contributed by atoms with Gasteiger partial charge in [-0.15, -0.1) is 10.2 Å². The monoisotopic (exact) mass is 406 g/mol. The first-order valence-corrected chi connectivity index (χ1v) is 9.53. The topological polar surface area (TPSA) is 59.8 Å². The highest BCUT2D eigenvalue weighted by Crippen LogP contribution is 2.28. The third kappa shape index (κ3) is 4.20. The quantitative estimate of drug-likeness (QED) is 0.616. The molecular formula is C18H16Cl2N4OS. The molecule has 3 rings (SSSR count). The van der Waals surface area contributed by atoms with Gasteiger partial charge in [0, 0.05) is 12.6 Å². The van der Waals surface area contributed by atoms with E-state index in [1.807, 2.05) is 48.9 Å². The van der Waals surface area contributed by atoms with Crippen LogP contribution in [0.25, 0.3) is 11.4 Å². The molecule has 8 heteroatoms. The Morgan fingerprint density at radius 2 is 1.92 bits per heavy atom. The number of benzene rings is 2. The number of nitrogens with zero attached hydrogens (tertiary/aromatic N) is 3. The van der Waals surface area contributed by atoms with Gasteiger partial charge in [0.15, 0.2) is 11.0 Å². The fourth-order valence-electron chi connectivity index (χ4n) is 2.36. The number of anilines is 1. The molecule has 0 spiro atoms. The SMILES string of the molecule is Cc1ccc(NC(=O)CSc2nnc(-c3ccccc3Cl)n2C)c(Cl)c1. The van der Waals surface area contributed by atoms with Crippen LogP contribution in [-0.4, -0.2) is 26.4 Å². The van der Waals surface area contributed by atoms with Crippen molar-refractivity contribution in [3.05, 3.63) is 58.1 Å². The third-order valence-electron chi connectivity index (χ3n) is 3.68. The van der Waals surface area contributed by atoms with Crippen molar-refractivity contribution in [2.75, 3.05) is 11.1 Å². The van der Waals surface area contributed by atoms with Gasteiger partial charge in [-0.05, 0) is 36.8 Å². The summed E-state index contributed by atoms with van der Waals surface area (Å²) in [6.45, 7) is 1.94. The molecule has 1 heterocycles. The number of thioether (sulfide) groups is 1. The summed E-state index contributed by atoms with van der Waals surface area (Å²) in [5.41, 5.74) is 2.43. The fourth-order valence-corrected chi connectivity index (χ4v) is 3.57. The van der Waals surface area contributed by atoms with Gasteiger partial charge < -0.3 is 9.88 Å². The van der Waals surface area contributed by atoms with Crippen LogP contribution < -0.4 is 5.32 Å². The van der Waals surface area contributed by atoms with Crippen molar-refractivity contribution in [2.45, 2.75) is 12.1 Å². The van der Waals surface area contributed by atoms with E-state index in [-0.39, 0.29) is 11.7 Å². The minimum Gasteiger partial charge on any atom is -0.324 e. The molecule has 2 aromatic carbocycles. The van der Waals surface area contributed by atoms with Crippen LogP contribution in [0.15, 0.2) is 47.6 Å². The molecule has 0 fully saturated rings. The minimum atomic E-state index is -0.164. The average Bonchev–Trinajstić information content (AvgIpc) is 2.97. The van der Waals surface area contributed by atoms with Crippen molar-refractivity contribution in [1.29, 1.82) is 0 Å². The van der Waals surface area contributed by atoms with Gasteiger partial charge in [-0.25, -0.2) is 0 Å². The maximum Gasteiger partial charge on any atom is 0.234 e. The molecular weight excluding hydrogens is 391 g/mol. The van der Waals surface area contributed by atoms with Gasteiger partial charge in [0.05, 0.1) is 21.5 Å². The summed E-state index contributed by atoms with van der Waals surface area (Å²) in [7, 11) is 1.84. The van der Waals surface area contributed by atoms with Crippen LogP contribution in [0, 0.1) is 6.92 Å². The Balaban J connectivity index is 1.67. The van der Waals surface area contributed by atoms with E-state index in [0.29, 0.717) is 26.7 Å². The molecule has 0 bridgehead atoms. The Labute approximate surface area is 165 Å². The van der Waals surface area contributed by atoms with E-state index in [2.05, 4.69) is 15.5 Å². The van der Waals surface area contributed by atoms with E-state index in [4.69, 9.17) is 23.2 Å². The zero-order valence-corrected chi connectivity index (χ0v) is 16.5. The van der Waals surface area contributed by atoms with Crippen molar-refractivity contribution in [3.63, 3.8) is 0 Å². The maximum absolute atomic E-state index is 12.2. The second-order valence-corrected chi connectivity index (χ2v) is 7.42. The standard InChI is InChI=1S/C18H16Cl2N4OS/c1-11-7-8-15(14(20)9-11)21-16(25)10-26-18-23-22-17(24(18)2)12-5-3-4-6-13(12)19/h3-9H,10H2,1-2H3,(H,21,25). The van der Waals surface area contributed by atoms with Gasteiger partial charge in [-0.1, -0.05) is 53.2 Å². The molecule has 0 unspecified atom stereocenters. The number of aryl methyl sites for hydroxylation is 1. The van der Waals surface area contributed by atoms with Gasteiger partial charge in [0.25, 0.3) is 0 Å². The summed E-state index contributed by atoms with van der Waals surface area (Å²) in [6, 6.07) is 12.9. The van der Waals surface area contributed by atoms with Crippen molar-refractivity contribution in [1.82, 2.24) is 14.8 Å². The Kier molecular flexibility index (Phi) is 5.86. The Morgan fingerprint density at radius 1 is 1.15 bits per heavy atom. The first-order valence-electron chi connectivity index (χ1n) is 7.79. The average molecular weight is 407 g/mol. The number of carbonyl (C=O) groups is 1. The largest absolute Gasteiger partial charge is 0.324 e. The zero-order chi connectivity index (χ0) is 18.7. The first kappa shape index (κ1) is 18.8. The van der Waals surface area contributed by atoms with Crippen LogP contribution in [-0.2, 0) is 11.8 Å². The molecule has 26 heavy (non-hydrogen) atoms. The van der Waals surface area contributed by atoms with Gasteiger partial charge >= 0.3 is 0 Å². The van der Waals surface area contributed by atoms with Crippen LogP contribution >= 0.6 is 35.0 Å². The molecule has 134 valence electrons. The Morgan fingerprint density at radius 3 is 2.65 bits per heavy atom. The molecule has 0 aliphatic carbocycles. The van der Waals surface area contributed by atoms with Gasteiger partial charge in [0.1, 0.15) is 0 Å². The normalized spacial score (nSPS) is 10.8. The van der Waals surface area contributed by atoms with E-state index in [1.165, 1.54) is 11.8 Å².